The molecule has 1 aliphatic carbocycles. The molecule has 0 aliphatic heterocycles. The minimum Gasteiger partial charge on any atom is -0.352 e. The van der Waals surface area contributed by atoms with Gasteiger partial charge in [-0.05, 0) is 30.5 Å². The topological polar surface area (TPSA) is 42.0 Å². The normalized spacial score (nSPS) is 16.7. The van der Waals surface area contributed by atoms with Crippen molar-refractivity contribution < 1.29 is 4.79 Å². The number of amides is 1. The first-order chi connectivity index (χ1) is 11.3. The highest BCUT2D eigenvalue weighted by atomic mass is 32.2. The number of nitrogens with zero attached hydrogens (tertiary/aromatic N) is 1. The van der Waals surface area contributed by atoms with E-state index in [1.807, 2.05) is 48.5 Å². The maximum atomic E-state index is 12.9. The van der Waals surface area contributed by atoms with Gasteiger partial charge in [0.2, 0.25) is 5.91 Å². The number of benzene rings is 1. The monoisotopic (exact) mass is 326 g/mol. The first-order valence-electron chi connectivity index (χ1n) is 8.26. The summed E-state index contributed by atoms with van der Waals surface area (Å²) in [5.41, 5.74) is 1.02. The summed E-state index contributed by atoms with van der Waals surface area (Å²) in [4.78, 5) is 17.2. The molecule has 1 aromatic heterocycles. The lowest BCUT2D eigenvalue weighted by Crippen LogP contribution is -2.38. The molecule has 1 heterocycles. The number of pyridine rings is 1. The number of hydrogen-bond acceptors (Lipinski definition) is 3. The molecule has 2 aromatic rings. The third kappa shape index (κ3) is 4.58. The predicted octanol–water partition coefficient (Wildman–Crippen LogP) is 4.36. The summed E-state index contributed by atoms with van der Waals surface area (Å²) in [5, 5.41) is 3.87. The molecule has 0 saturated heterocycles. The molecule has 1 amide bonds. The van der Waals surface area contributed by atoms with Gasteiger partial charge in [-0.2, -0.15) is 0 Å². The minimum atomic E-state index is -0.256. The van der Waals surface area contributed by atoms with Crippen LogP contribution in [0.15, 0.2) is 59.8 Å². The molecule has 0 spiro atoms. The van der Waals surface area contributed by atoms with Crippen molar-refractivity contribution in [1.82, 2.24) is 10.3 Å². The quantitative estimate of drug-likeness (QED) is 0.830. The Hall–Kier alpha value is -1.81. The lowest BCUT2D eigenvalue weighted by Gasteiger charge is -2.25. The van der Waals surface area contributed by atoms with E-state index < -0.39 is 0 Å². The van der Waals surface area contributed by atoms with Gasteiger partial charge in [-0.25, -0.2) is 4.98 Å². The van der Waals surface area contributed by atoms with Crippen LogP contribution in [0, 0.1) is 0 Å². The van der Waals surface area contributed by atoms with Gasteiger partial charge in [-0.1, -0.05) is 67.4 Å². The molecule has 1 atom stereocenters. The van der Waals surface area contributed by atoms with Crippen molar-refractivity contribution in [3.8, 4) is 0 Å². The summed E-state index contributed by atoms with van der Waals surface area (Å²) < 4.78 is 0. The zero-order valence-electron chi connectivity index (χ0n) is 13.2. The van der Waals surface area contributed by atoms with Gasteiger partial charge in [0.15, 0.2) is 0 Å². The van der Waals surface area contributed by atoms with Gasteiger partial charge in [-0.15, -0.1) is 0 Å². The van der Waals surface area contributed by atoms with E-state index in [1.165, 1.54) is 31.0 Å². The van der Waals surface area contributed by atoms with Crippen molar-refractivity contribution >= 4 is 17.7 Å². The Kier molecular flexibility index (Phi) is 5.70. The fourth-order valence-corrected chi connectivity index (χ4v) is 3.95. The molecule has 1 aliphatic rings. The van der Waals surface area contributed by atoms with E-state index in [0.29, 0.717) is 6.04 Å². The first-order valence-corrected chi connectivity index (χ1v) is 9.14. The summed E-state index contributed by atoms with van der Waals surface area (Å²) in [6.45, 7) is 0. The van der Waals surface area contributed by atoms with E-state index in [1.54, 1.807) is 6.20 Å². The average Bonchev–Trinajstić information content (AvgIpc) is 2.62. The number of aromatic nitrogens is 1. The Morgan fingerprint density at radius 2 is 1.78 bits per heavy atom. The van der Waals surface area contributed by atoms with Crippen LogP contribution in [0.3, 0.4) is 0 Å². The zero-order chi connectivity index (χ0) is 15.9. The van der Waals surface area contributed by atoms with Crippen LogP contribution in [0.2, 0.25) is 0 Å². The summed E-state index contributed by atoms with van der Waals surface area (Å²) in [7, 11) is 0. The number of nitrogens with one attached hydrogen (secondary N) is 1. The highest BCUT2D eigenvalue weighted by Gasteiger charge is 2.25. The van der Waals surface area contributed by atoms with Crippen molar-refractivity contribution in [1.29, 1.82) is 0 Å². The first kappa shape index (κ1) is 16.1. The van der Waals surface area contributed by atoms with Crippen molar-refractivity contribution in [3.05, 3.63) is 60.3 Å². The van der Waals surface area contributed by atoms with Gasteiger partial charge in [-0.3, -0.25) is 4.79 Å². The highest BCUT2D eigenvalue weighted by molar-refractivity contribution is 8.00. The van der Waals surface area contributed by atoms with Crippen LogP contribution >= 0.6 is 11.8 Å². The van der Waals surface area contributed by atoms with E-state index in [2.05, 4.69) is 10.3 Å². The molecule has 0 radical (unpaired) electrons. The van der Waals surface area contributed by atoms with E-state index in [9.17, 15) is 4.79 Å². The summed E-state index contributed by atoms with van der Waals surface area (Å²) in [6.07, 6.45) is 7.69. The summed E-state index contributed by atoms with van der Waals surface area (Å²) in [6, 6.07) is 16.1. The molecule has 23 heavy (non-hydrogen) atoms. The van der Waals surface area contributed by atoms with Crippen LogP contribution in [-0.4, -0.2) is 16.9 Å². The molecule has 1 fully saturated rings. The number of hydrogen-bond donors (Lipinski definition) is 1. The minimum absolute atomic E-state index is 0.0961. The fourth-order valence-electron chi connectivity index (χ4n) is 2.96. The van der Waals surface area contributed by atoms with Crippen LogP contribution in [0.5, 0.6) is 0 Å². The molecule has 120 valence electrons. The number of carbonyl (C=O) groups is 1. The number of thioether (sulfide) groups is 1. The van der Waals surface area contributed by atoms with Gasteiger partial charge in [0.05, 0.1) is 5.03 Å². The lowest BCUT2D eigenvalue weighted by atomic mass is 9.95. The molecule has 0 bridgehead atoms. The average molecular weight is 326 g/mol. The summed E-state index contributed by atoms with van der Waals surface area (Å²) in [5.74, 6) is 0.0961. The van der Waals surface area contributed by atoms with Crippen molar-refractivity contribution in [2.24, 2.45) is 0 Å². The van der Waals surface area contributed by atoms with E-state index >= 15 is 0 Å². The van der Waals surface area contributed by atoms with Gasteiger partial charge in [0.1, 0.15) is 5.25 Å². The molecular weight excluding hydrogens is 304 g/mol. The Labute approximate surface area is 141 Å². The van der Waals surface area contributed by atoms with E-state index in [4.69, 9.17) is 0 Å². The molecule has 3 nitrogen and oxygen atoms in total. The molecule has 3 rings (SSSR count). The third-order valence-electron chi connectivity index (χ3n) is 4.17. The molecule has 1 aromatic carbocycles. The maximum Gasteiger partial charge on any atom is 0.238 e. The van der Waals surface area contributed by atoms with E-state index in [-0.39, 0.29) is 11.2 Å². The van der Waals surface area contributed by atoms with Gasteiger partial charge in [0, 0.05) is 12.2 Å². The zero-order valence-corrected chi connectivity index (χ0v) is 14.0. The second-order valence-corrected chi connectivity index (χ2v) is 7.05. The SMILES string of the molecule is O=C(NC1CCCCC1)[C@H](Sc1ccccn1)c1ccccc1. The molecular formula is C19H22N2OS. The Morgan fingerprint density at radius 1 is 1.04 bits per heavy atom. The maximum absolute atomic E-state index is 12.9. The second kappa shape index (κ2) is 8.16. The van der Waals surface area contributed by atoms with Crippen molar-refractivity contribution in [3.63, 3.8) is 0 Å². The fraction of sp³-hybridized carbons (Fsp3) is 0.368. The van der Waals surface area contributed by atoms with Gasteiger partial charge in [0.25, 0.3) is 0 Å². The van der Waals surface area contributed by atoms with E-state index in [0.717, 1.165) is 23.4 Å². The number of carbonyl (C=O) groups excluding carboxylic acids is 1. The summed E-state index contributed by atoms with van der Waals surface area (Å²) >= 11 is 1.52. The smallest absolute Gasteiger partial charge is 0.238 e. The standard InChI is InChI=1S/C19H22N2OS/c22-19(21-16-11-5-2-6-12-16)18(15-9-3-1-4-10-15)23-17-13-7-8-14-20-17/h1,3-4,7-10,13-14,16,18H,2,5-6,11-12H2,(H,21,22)/t18-/m1/s1. The van der Waals surface area contributed by atoms with Crippen LogP contribution in [0.25, 0.3) is 0 Å². The highest BCUT2D eigenvalue weighted by Crippen LogP contribution is 2.34. The number of rotatable bonds is 5. The second-order valence-electron chi connectivity index (χ2n) is 5.92. The van der Waals surface area contributed by atoms with Crippen molar-refractivity contribution in [2.45, 2.75) is 48.4 Å². The molecule has 1 saturated carbocycles. The van der Waals surface area contributed by atoms with Crippen molar-refractivity contribution in [2.75, 3.05) is 0 Å². The Bertz CT molecular complexity index is 612. The Balaban J connectivity index is 1.75. The third-order valence-corrected chi connectivity index (χ3v) is 5.37. The molecule has 4 heteroatoms. The largest absolute Gasteiger partial charge is 0.352 e. The molecule has 0 unspecified atom stereocenters. The Morgan fingerprint density at radius 3 is 2.48 bits per heavy atom. The van der Waals surface area contributed by atoms with Gasteiger partial charge >= 0.3 is 0 Å². The van der Waals surface area contributed by atoms with Gasteiger partial charge < -0.3 is 5.32 Å². The predicted molar refractivity (Wildman–Crippen MR) is 94.3 cm³/mol. The molecule has 1 N–H and O–H groups in total. The van der Waals surface area contributed by atoms with Crippen LogP contribution in [-0.2, 0) is 4.79 Å². The van der Waals surface area contributed by atoms with Crippen LogP contribution in [0.4, 0.5) is 0 Å². The lowest BCUT2D eigenvalue weighted by molar-refractivity contribution is -0.121. The van der Waals surface area contributed by atoms with Crippen LogP contribution < -0.4 is 5.32 Å². The van der Waals surface area contributed by atoms with Crippen LogP contribution in [0.1, 0.15) is 42.9 Å².